The molecule has 3 N–H and O–H groups in total. The number of para-hydroxylation sites is 1. The monoisotopic (exact) mass is 283 g/mol. The molecular weight excluding hydrogens is 262 g/mol. The van der Waals surface area contributed by atoms with Gasteiger partial charge in [-0.1, -0.05) is 18.2 Å². The normalized spacial score (nSPS) is 14.0. The first kappa shape index (κ1) is 13.8. The van der Waals surface area contributed by atoms with Gasteiger partial charge in [-0.05, 0) is 38.3 Å². The minimum absolute atomic E-state index is 0.493. The van der Waals surface area contributed by atoms with Crippen LogP contribution >= 0.6 is 0 Å². The molecule has 1 aliphatic rings. The topological polar surface area (TPSA) is 67.1 Å². The molecule has 3 rings (SSSR count). The summed E-state index contributed by atoms with van der Waals surface area (Å²) in [6, 6.07) is 10.2. The third kappa shape index (κ3) is 2.83. The SMILES string of the molecule is CCN(c1cc(NN)nc(C2CC2)n1)c1ccccc1C. The molecule has 0 atom stereocenters. The van der Waals surface area contributed by atoms with Crippen molar-refractivity contribution in [3.8, 4) is 0 Å². The number of anilines is 3. The van der Waals surface area contributed by atoms with Crippen LogP contribution in [0.1, 0.15) is 37.1 Å². The fourth-order valence-corrected chi connectivity index (χ4v) is 2.51. The molecule has 0 aliphatic heterocycles. The second-order valence-corrected chi connectivity index (χ2v) is 5.42. The third-order valence-electron chi connectivity index (χ3n) is 3.82. The van der Waals surface area contributed by atoms with E-state index in [0.717, 1.165) is 18.2 Å². The van der Waals surface area contributed by atoms with Gasteiger partial charge in [0, 0.05) is 24.2 Å². The van der Waals surface area contributed by atoms with Gasteiger partial charge in [-0.3, -0.25) is 0 Å². The van der Waals surface area contributed by atoms with E-state index in [4.69, 9.17) is 10.8 Å². The van der Waals surface area contributed by atoms with Crippen LogP contribution in [-0.2, 0) is 0 Å². The minimum atomic E-state index is 0.493. The van der Waals surface area contributed by atoms with E-state index in [-0.39, 0.29) is 0 Å². The van der Waals surface area contributed by atoms with E-state index in [1.165, 1.54) is 24.1 Å². The molecule has 5 nitrogen and oxygen atoms in total. The lowest BCUT2D eigenvalue weighted by Gasteiger charge is -2.24. The van der Waals surface area contributed by atoms with Gasteiger partial charge in [0.15, 0.2) is 0 Å². The number of nitrogen functional groups attached to an aromatic ring is 1. The van der Waals surface area contributed by atoms with Gasteiger partial charge < -0.3 is 10.3 Å². The zero-order chi connectivity index (χ0) is 14.8. The summed E-state index contributed by atoms with van der Waals surface area (Å²) >= 11 is 0. The van der Waals surface area contributed by atoms with Crippen molar-refractivity contribution in [3.63, 3.8) is 0 Å². The molecule has 110 valence electrons. The van der Waals surface area contributed by atoms with Gasteiger partial charge in [-0.15, -0.1) is 0 Å². The fraction of sp³-hybridized carbons (Fsp3) is 0.375. The Balaban J connectivity index is 2.04. The summed E-state index contributed by atoms with van der Waals surface area (Å²) in [6.07, 6.45) is 2.34. The Kier molecular flexibility index (Phi) is 3.75. The number of hydrazine groups is 1. The number of aryl methyl sites for hydroxylation is 1. The van der Waals surface area contributed by atoms with Gasteiger partial charge in [0.25, 0.3) is 0 Å². The molecule has 21 heavy (non-hydrogen) atoms. The van der Waals surface area contributed by atoms with Crippen LogP contribution in [0.3, 0.4) is 0 Å². The Labute approximate surface area is 125 Å². The number of benzene rings is 1. The predicted octanol–water partition coefficient (Wildman–Crippen LogP) is 3.11. The smallest absolute Gasteiger partial charge is 0.145 e. The summed E-state index contributed by atoms with van der Waals surface area (Å²) in [4.78, 5) is 11.4. The first-order valence-corrected chi connectivity index (χ1v) is 7.41. The van der Waals surface area contributed by atoms with Gasteiger partial charge in [-0.25, -0.2) is 15.8 Å². The largest absolute Gasteiger partial charge is 0.326 e. The third-order valence-corrected chi connectivity index (χ3v) is 3.82. The van der Waals surface area contributed by atoms with Gasteiger partial charge in [0.05, 0.1) is 0 Å². The molecule has 0 radical (unpaired) electrons. The summed E-state index contributed by atoms with van der Waals surface area (Å²) in [5, 5.41) is 0. The highest BCUT2D eigenvalue weighted by Gasteiger charge is 2.28. The molecule has 5 heteroatoms. The van der Waals surface area contributed by atoms with E-state index < -0.39 is 0 Å². The number of nitrogens with one attached hydrogen (secondary N) is 1. The van der Waals surface area contributed by atoms with Crippen molar-refractivity contribution in [1.82, 2.24) is 9.97 Å². The van der Waals surface area contributed by atoms with Crippen LogP contribution in [0, 0.1) is 6.92 Å². The lowest BCUT2D eigenvalue weighted by atomic mass is 10.2. The van der Waals surface area contributed by atoms with Gasteiger partial charge in [0.1, 0.15) is 17.5 Å². The van der Waals surface area contributed by atoms with E-state index >= 15 is 0 Å². The average molecular weight is 283 g/mol. The van der Waals surface area contributed by atoms with Crippen molar-refractivity contribution in [2.24, 2.45) is 5.84 Å². The summed E-state index contributed by atoms with van der Waals surface area (Å²) < 4.78 is 0. The second kappa shape index (κ2) is 5.69. The van der Waals surface area contributed by atoms with Crippen LogP contribution in [0.4, 0.5) is 17.3 Å². The zero-order valence-corrected chi connectivity index (χ0v) is 12.5. The molecule has 1 fully saturated rings. The Hall–Kier alpha value is -2.14. The maximum Gasteiger partial charge on any atom is 0.145 e. The van der Waals surface area contributed by atoms with Crippen molar-refractivity contribution in [2.75, 3.05) is 16.9 Å². The van der Waals surface area contributed by atoms with Crippen LogP contribution in [0.25, 0.3) is 0 Å². The highest BCUT2D eigenvalue weighted by molar-refractivity contribution is 5.65. The van der Waals surface area contributed by atoms with Crippen molar-refractivity contribution in [1.29, 1.82) is 0 Å². The van der Waals surface area contributed by atoms with Crippen LogP contribution < -0.4 is 16.2 Å². The lowest BCUT2D eigenvalue weighted by molar-refractivity contribution is 0.892. The first-order chi connectivity index (χ1) is 10.2. The summed E-state index contributed by atoms with van der Waals surface area (Å²) in [5.74, 6) is 8.52. The molecular formula is C16H21N5. The Morgan fingerprint density at radius 2 is 2.05 bits per heavy atom. The Bertz CT molecular complexity index is 636. The number of aromatic nitrogens is 2. The van der Waals surface area contributed by atoms with Crippen molar-refractivity contribution in [2.45, 2.75) is 32.6 Å². The van der Waals surface area contributed by atoms with Crippen molar-refractivity contribution < 1.29 is 0 Å². The highest BCUT2D eigenvalue weighted by atomic mass is 15.3. The highest BCUT2D eigenvalue weighted by Crippen LogP contribution is 2.39. The fourth-order valence-electron chi connectivity index (χ4n) is 2.51. The van der Waals surface area contributed by atoms with E-state index in [9.17, 15) is 0 Å². The van der Waals surface area contributed by atoms with Gasteiger partial charge >= 0.3 is 0 Å². The lowest BCUT2D eigenvalue weighted by Crippen LogP contribution is -2.20. The molecule has 1 aliphatic carbocycles. The molecule has 0 bridgehead atoms. The van der Waals surface area contributed by atoms with E-state index in [1.54, 1.807) is 0 Å². The van der Waals surface area contributed by atoms with Crippen LogP contribution in [0.15, 0.2) is 30.3 Å². The summed E-state index contributed by atoms with van der Waals surface area (Å²) in [5.41, 5.74) is 5.06. The molecule has 1 heterocycles. The standard InChI is InChI=1S/C16H21N5/c1-3-21(13-7-5-4-6-11(13)2)15-10-14(20-17)18-16(19-15)12-8-9-12/h4-7,10,12H,3,8-9,17H2,1-2H3,(H,18,19,20). The van der Waals surface area contributed by atoms with E-state index in [2.05, 4.69) is 53.4 Å². The molecule has 0 unspecified atom stereocenters. The number of hydrogen-bond acceptors (Lipinski definition) is 5. The quantitative estimate of drug-likeness (QED) is 0.652. The maximum absolute atomic E-state index is 5.56. The number of nitrogens with zero attached hydrogens (tertiary/aromatic N) is 3. The Morgan fingerprint density at radius 1 is 1.29 bits per heavy atom. The summed E-state index contributed by atoms with van der Waals surface area (Å²) in [6.45, 7) is 5.08. The molecule has 1 aromatic heterocycles. The molecule has 0 saturated heterocycles. The minimum Gasteiger partial charge on any atom is -0.326 e. The zero-order valence-electron chi connectivity index (χ0n) is 12.5. The first-order valence-electron chi connectivity index (χ1n) is 7.41. The van der Waals surface area contributed by atoms with Gasteiger partial charge in [0.2, 0.25) is 0 Å². The van der Waals surface area contributed by atoms with Crippen molar-refractivity contribution in [3.05, 3.63) is 41.7 Å². The maximum atomic E-state index is 5.56. The number of hydrogen-bond donors (Lipinski definition) is 2. The average Bonchev–Trinajstić information content (AvgIpc) is 3.34. The van der Waals surface area contributed by atoms with Crippen LogP contribution in [-0.4, -0.2) is 16.5 Å². The summed E-state index contributed by atoms with van der Waals surface area (Å²) in [7, 11) is 0. The van der Waals surface area contributed by atoms with Crippen LogP contribution in [0.5, 0.6) is 0 Å². The molecule has 0 spiro atoms. The Morgan fingerprint density at radius 3 is 2.67 bits per heavy atom. The van der Waals surface area contributed by atoms with Crippen LogP contribution in [0.2, 0.25) is 0 Å². The predicted molar refractivity (Wildman–Crippen MR) is 85.7 cm³/mol. The second-order valence-electron chi connectivity index (χ2n) is 5.42. The van der Waals surface area contributed by atoms with E-state index in [1.807, 2.05) is 6.07 Å². The molecule has 0 amide bonds. The number of rotatable bonds is 5. The van der Waals surface area contributed by atoms with Gasteiger partial charge in [-0.2, -0.15) is 0 Å². The van der Waals surface area contributed by atoms with Crippen molar-refractivity contribution >= 4 is 17.3 Å². The molecule has 1 saturated carbocycles. The molecule has 1 aromatic carbocycles. The number of nitrogens with two attached hydrogens (primary N) is 1. The molecule has 2 aromatic rings. The van der Waals surface area contributed by atoms with E-state index in [0.29, 0.717) is 11.7 Å².